The first-order valence-corrected chi connectivity index (χ1v) is 17.9. The molecule has 2 heteroatoms. The third-order valence-electron chi connectivity index (χ3n) is 11.0. The average Bonchev–Trinajstić information content (AvgIpc) is 3.13. The highest BCUT2D eigenvalue weighted by Gasteiger charge is 2.25. The second kappa shape index (κ2) is 12.8. The third-order valence-corrected chi connectivity index (χ3v) is 11.0. The summed E-state index contributed by atoms with van der Waals surface area (Å²) in [7, 11) is 0. The van der Waals surface area contributed by atoms with Gasteiger partial charge in [-0.05, 0) is 159 Å². The van der Waals surface area contributed by atoms with Gasteiger partial charge in [-0.15, -0.1) is 0 Å². The molecule has 0 heterocycles. The van der Waals surface area contributed by atoms with Gasteiger partial charge in [-0.25, -0.2) is 0 Å². The number of fused-ring (bicyclic) bond motifs is 3. The molecule has 0 fully saturated rings. The van der Waals surface area contributed by atoms with Crippen molar-refractivity contribution in [3.05, 3.63) is 178 Å². The molecular weight excluding hydrogens is 617 g/mol. The van der Waals surface area contributed by atoms with Crippen LogP contribution in [0.4, 0.5) is 34.1 Å². The topological polar surface area (TPSA) is 6.48 Å². The highest BCUT2D eigenvalue weighted by atomic mass is 15.2. The van der Waals surface area contributed by atoms with Crippen LogP contribution in [0.2, 0.25) is 0 Å². The summed E-state index contributed by atoms with van der Waals surface area (Å²) < 4.78 is 0. The number of hydrogen-bond acceptors (Lipinski definition) is 2. The molecule has 0 N–H and O–H groups in total. The molecule has 0 amide bonds. The van der Waals surface area contributed by atoms with Gasteiger partial charge in [0.25, 0.3) is 0 Å². The van der Waals surface area contributed by atoms with E-state index in [1.807, 2.05) is 0 Å². The Balaban J connectivity index is 1.57. The predicted molar refractivity (Wildman–Crippen MR) is 221 cm³/mol. The molecule has 0 atom stereocenters. The maximum atomic E-state index is 2.51. The number of rotatable bonds is 6. The van der Waals surface area contributed by atoms with Crippen molar-refractivity contribution >= 4 is 66.4 Å². The molecule has 51 heavy (non-hydrogen) atoms. The molecule has 8 rings (SSSR count). The van der Waals surface area contributed by atoms with E-state index in [9.17, 15) is 0 Å². The van der Waals surface area contributed by atoms with Crippen LogP contribution in [0.15, 0.2) is 140 Å². The zero-order valence-corrected chi connectivity index (χ0v) is 30.7. The van der Waals surface area contributed by atoms with Crippen molar-refractivity contribution in [2.24, 2.45) is 0 Å². The van der Waals surface area contributed by atoms with Crippen molar-refractivity contribution in [1.82, 2.24) is 0 Å². The molecule has 8 aromatic carbocycles. The fourth-order valence-corrected chi connectivity index (χ4v) is 7.57. The van der Waals surface area contributed by atoms with E-state index in [-0.39, 0.29) is 0 Å². The number of benzene rings is 8. The lowest BCUT2D eigenvalue weighted by Gasteiger charge is -2.32. The standard InChI is InChI=1S/C49H44N2/c1-31-21-23-41(25-33(31)3)50(40-17-9-8-10-18-40)48-44-19-13-11-15-38(44)30-47-46(48)29-39-16-12-14-20-45(39)49(47)51(42-24-22-32(2)34(4)26-42)43-27-35(5)37(7)36(6)28-43/h8-30H,1-7H3. The van der Waals surface area contributed by atoms with Crippen LogP contribution in [0.5, 0.6) is 0 Å². The van der Waals surface area contributed by atoms with E-state index in [4.69, 9.17) is 0 Å². The van der Waals surface area contributed by atoms with Crippen molar-refractivity contribution in [2.75, 3.05) is 9.80 Å². The van der Waals surface area contributed by atoms with Gasteiger partial charge >= 0.3 is 0 Å². The smallest absolute Gasteiger partial charge is 0.0619 e. The van der Waals surface area contributed by atoms with E-state index in [0.29, 0.717) is 0 Å². The Hall–Kier alpha value is -5.86. The molecule has 250 valence electrons. The Morgan fingerprint density at radius 1 is 0.294 bits per heavy atom. The number of nitrogens with zero attached hydrogens (tertiary/aromatic N) is 2. The molecule has 0 saturated heterocycles. The highest BCUT2D eigenvalue weighted by Crippen LogP contribution is 2.51. The van der Waals surface area contributed by atoms with E-state index < -0.39 is 0 Å². The predicted octanol–water partition coefficient (Wildman–Crippen LogP) is 14.2. The van der Waals surface area contributed by atoms with Gasteiger partial charge in [-0.3, -0.25) is 0 Å². The lowest BCUT2D eigenvalue weighted by atomic mass is 9.93. The van der Waals surface area contributed by atoms with Crippen LogP contribution >= 0.6 is 0 Å². The van der Waals surface area contributed by atoms with Crippen LogP contribution in [0.3, 0.4) is 0 Å². The maximum Gasteiger partial charge on any atom is 0.0619 e. The summed E-state index contributed by atoms with van der Waals surface area (Å²) >= 11 is 0. The number of hydrogen-bond donors (Lipinski definition) is 0. The molecule has 8 aromatic rings. The average molecular weight is 661 g/mol. The molecule has 0 aromatic heterocycles. The summed E-state index contributed by atoms with van der Waals surface area (Å²) in [6.07, 6.45) is 0. The molecule has 0 unspecified atom stereocenters. The molecule has 0 aliphatic carbocycles. The number of anilines is 6. The largest absolute Gasteiger partial charge is 0.309 e. The Morgan fingerprint density at radius 2 is 0.706 bits per heavy atom. The SMILES string of the molecule is Cc1ccc(N(c2ccccc2)c2c3ccccc3cc3c(N(c4ccc(C)c(C)c4)c4cc(C)c(C)c(C)c4)c4ccccc4cc23)cc1C. The van der Waals surface area contributed by atoms with Crippen molar-refractivity contribution in [3.63, 3.8) is 0 Å². The third kappa shape index (κ3) is 5.62. The normalized spacial score (nSPS) is 11.4. The summed E-state index contributed by atoms with van der Waals surface area (Å²) in [6, 6.07) is 51.9. The van der Waals surface area contributed by atoms with Crippen LogP contribution in [-0.4, -0.2) is 0 Å². The van der Waals surface area contributed by atoms with Crippen LogP contribution in [-0.2, 0) is 0 Å². The molecular formula is C49H44N2. The molecule has 0 bridgehead atoms. The van der Waals surface area contributed by atoms with E-state index in [1.54, 1.807) is 0 Å². The minimum Gasteiger partial charge on any atom is -0.309 e. The van der Waals surface area contributed by atoms with Crippen molar-refractivity contribution in [2.45, 2.75) is 48.5 Å². The number of para-hydroxylation sites is 1. The van der Waals surface area contributed by atoms with Gasteiger partial charge in [0, 0.05) is 44.3 Å². The molecule has 0 saturated carbocycles. The molecule has 0 radical (unpaired) electrons. The lowest BCUT2D eigenvalue weighted by molar-refractivity contribution is 1.21. The van der Waals surface area contributed by atoms with Crippen LogP contribution in [0, 0.1) is 48.5 Å². The summed E-state index contributed by atoms with van der Waals surface area (Å²) in [6.45, 7) is 15.5. The van der Waals surface area contributed by atoms with Gasteiger partial charge in [-0.1, -0.05) is 78.9 Å². The maximum absolute atomic E-state index is 2.51. The summed E-state index contributed by atoms with van der Waals surface area (Å²) in [5.74, 6) is 0. The zero-order chi connectivity index (χ0) is 35.4. The number of aryl methyl sites for hydroxylation is 6. The first-order valence-electron chi connectivity index (χ1n) is 17.9. The van der Waals surface area contributed by atoms with Gasteiger partial charge in [0.2, 0.25) is 0 Å². The van der Waals surface area contributed by atoms with Gasteiger partial charge in [-0.2, -0.15) is 0 Å². The van der Waals surface area contributed by atoms with E-state index in [1.165, 1.54) is 88.3 Å². The molecule has 0 aliphatic rings. The monoisotopic (exact) mass is 660 g/mol. The second-order valence-electron chi connectivity index (χ2n) is 14.2. The molecule has 0 aliphatic heterocycles. The van der Waals surface area contributed by atoms with Gasteiger partial charge in [0.15, 0.2) is 0 Å². The zero-order valence-electron chi connectivity index (χ0n) is 30.7. The van der Waals surface area contributed by atoms with E-state index >= 15 is 0 Å². The van der Waals surface area contributed by atoms with Crippen LogP contribution < -0.4 is 9.80 Å². The Morgan fingerprint density at radius 3 is 1.18 bits per heavy atom. The summed E-state index contributed by atoms with van der Waals surface area (Å²) in [5, 5.41) is 7.27. The van der Waals surface area contributed by atoms with Crippen molar-refractivity contribution in [1.29, 1.82) is 0 Å². The quantitative estimate of drug-likeness (QED) is 0.164. The Bertz CT molecular complexity index is 2590. The van der Waals surface area contributed by atoms with Crippen LogP contribution in [0.1, 0.15) is 38.9 Å². The van der Waals surface area contributed by atoms with Crippen molar-refractivity contribution in [3.8, 4) is 0 Å². The molecule has 2 nitrogen and oxygen atoms in total. The van der Waals surface area contributed by atoms with E-state index in [2.05, 4.69) is 198 Å². The van der Waals surface area contributed by atoms with Gasteiger partial charge in [0.05, 0.1) is 11.4 Å². The summed E-state index contributed by atoms with van der Waals surface area (Å²) in [5.41, 5.74) is 16.0. The minimum absolute atomic E-state index is 1.13. The lowest BCUT2D eigenvalue weighted by Crippen LogP contribution is -2.14. The first kappa shape index (κ1) is 32.4. The van der Waals surface area contributed by atoms with Crippen LogP contribution in [0.25, 0.3) is 32.3 Å². The van der Waals surface area contributed by atoms with E-state index in [0.717, 1.165) is 17.1 Å². The highest BCUT2D eigenvalue weighted by molar-refractivity contribution is 6.23. The van der Waals surface area contributed by atoms with Crippen molar-refractivity contribution < 1.29 is 0 Å². The van der Waals surface area contributed by atoms with Gasteiger partial charge < -0.3 is 9.80 Å². The first-order chi connectivity index (χ1) is 24.7. The summed E-state index contributed by atoms with van der Waals surface area (Å²) in [4.78, 5) is 4.98. The van der Waals surface area contributed by atoms with Gasteiger partial charge in [0.1, 0.15) is 0 Å². The second-order valence-corrected chi connectivity index (χ2v) is 14.2. The Labute approximate surface area is 302 Å². The fourth-order valence-electron chi connectivity index (χ4n) is 7.57. The minimum atomic E-state index is 1.13. The molecule has 0 spiro atoms. The fraction of sp³-hybridized carbons (Fsp3) is 0.143. The Kier molecular flexibility index (Phi) is 8.11.